The molecule has 1 fully saturated rings. The largest absolute Gasteiger partial charge is 0.508 e. The van der Waals surface area contributed by atoms with Crippen LogP contribution in [0.1, 0.15) is 38.1 Å². The van der Waals surface area contributed by atoms with Crippen LogP contribution in [-0.4, -0.2) is 70.9 Å². The fourth-order valence-corrected chi connectivity index (χ4v) is 4.16. The zero-order valence-corrected chi connectivity index (χ0v) is 28.5. The number of esters is 2. The third kappa shape index (κ3) is 17.8. The highest BCUT2D eigenvalue weighted by Crippen LogP contribution is 2.13. The van der Waals surface area contributed by atoms with Crippen molar-refractivity contribution in [2.24, 2.45) is 0 Å². The predicted octanol–water partition coefficient (Wildman–Crippen LogP) is 6.67. The Kier molecular flexibility index (Phi) is 20.4. The van der Waals surface area contributed by atoms with Crippen LogP contribution in [0.5, 0.6) is 11.5 Å². The van der Waals surface area contributed by atoms with E-state index in [9.17, 15) is 18.4 Å². The normalized spacial score (nSPS) is 11.9. The van der Waals surface area contributed by atoms with Crippen molar-refractivity contribution in [2.45, 2.75) is 39.8 Å². The van der Waals surface area contributed by atoms with Crippen molar-refractivity contribution >= 4 is 24.1 Å². The number of halogens is 2. The number of hydrogen-bond donors (Lipinski definition) is 2. The highest BCUT2D eigenvalue weighted by molar-refractivity contribution is 5.87. The lowest BCUT2D eigenvalue weighted by atomic mass is 10.3. The number of nitrogens with zero attached hydrogens (tertiary/aromatic N) is 2. The zero-order chi connectivity index (χ0) is 36.4. The number of phenols is 1. The highest BCUT2D eigenvalue weighted by Gasteiger charge is 2.02. The van der Waals surface area contributed by atoms with Crippen molar-refractivity contribution in [2.75, 3.05) is 39.6 Å². The van der Waals surface area contributed by atoms with Crippen LogP contribution in [0.2, 0.25) is 0 Å². The van der Waals surface area contributed by atoms with Gasteiger partial charge in [0.25, 0.3) is 0 Å². The molecule has 0 aliphatic carbocycles. The van der Waals surface area contributed by atoms with Gasteiger partial charge in [-0.05, 0) is 87.4 Å². The SMILES string of the molecule is C1CCOC1.CCOC(=O)/C=C/c1cccn1CCO.CCOC(=O)/C=C/c1cccn1CCOc1cccc(F)c1.Oc1cccc(F)c1. The Bertz CT molecular complexity index is 1570. The van der Waals surface area contributed by atoms with E-state index < -0.39 is 5.82 Å². The number of carbonyl (C=O) groups is 2. The molecule has 0 spiro atoms. The summed E-state index contributed by atoms with van der Waals surface area (Å²) in [6, 6.07) is 18.7. The zero-order valence-electron chi connectivity index (χ0n) is 28.5. The molecular formula is C38H46F2N2O8. The second kappa shape index (κ2) is 24.9. The van der Waals surface area contributed by atoms with E-state index in [0.29, 0.717) is 38.7 Å². The number of phenolic OH excluding ortho intramolecular Hbond substituents is 1. The summed E-state index contributed by atoms with van der Waals surface area (Å²) in [5, 5.41) is 17.4. The fourth-order valence-electron chi connectivity index (χ4n) is 4.16. The number of aliphatic hydroxyl groups excluding tert-OH is 1. The quantitative estimate of drug-likeness (QED) is 0.125. The molecule has 1 aliphatic rings. The van der Waals surface area contributed by atoms with Crippen LogP contribution in [0.25, 0.3) is 12.2 Å². The summed E-state index contributed by atoms with van der Waals surface area (Å²) in [5.41, 5.74) is 1.74. The van der Waals surface area contributed by atoms with Crippen LogP contribution < -0.4 is 4.74 Å². The van der Waals surface area contributed by atoms with Gasteiger partial charge in [-0.15, -0.1) is 0 Å². The molecule has 3 heterocycles. The van der Waals surface area contributed by atoms with Crippen molar-refractivity contribution in [1.82, 2.24) is 9.13 Å². The van der Waals surface area contributed by atoms with Crippen molar-refractivity contribution < 1.29 is 47.5 Å². The van der Waals surface area contributed by atoms with Gasteiger partial charge in [-0.3, -0.25) is 0 Å². The van der Waals surface area contributed by atoms with Crippen LogP contribution >= 0.6 is 0 Å². The molecule has 0 radical (unpaired) electrons. The molecule has 4 aromatic rings. The maximum Gasteiger partial charge on any atom is 0.330 e. The van der Waals surface area contributed by atoms with Gasteiger partial charge in [-0.25, -0.2) is 18.4 Å². The van der Waals surface area contributed by atoms with E-state index in [1.807, 2.05) is 45.8 Å². The van der Waals surface area contributed by atoms with E-state index >= 15 is 0 Å². The van der Waals surface area contributed by atoms with E-state index in [0.717, 1.165) is 30.7 Å². The van der Waals surface area contributed by atoms with Gasteiger partial charge in [0.1, 0.15) is 29.7 Å². The van der Waals surface area contributed by atoms with Crippen LogP contribution in [0.15, 0.2) is 97.3 Å². The van der Waals surface area contributed by atoms with Crippen LogP contribution in [-0.2, 0) is 36.9 Å². The van der Waals surface area contributed by atoms with Gasteiger partial charge in [-0.2, -0.15) is 0 Å². The van der Waals surface area contributed by atoms with Gasteiger partial charge < -0.3 is 38.3 Å². The van der Waals surface area contributed by atoms with Gasteiger partial charge in [0, 0.05) is 67.8 Å². The molecule has 0 unspecified atom stereocenters. The van der Waals surface area contributed by atoms with Crippen LogP contribution in [0, 0.1) is 11.6 Å². The third-order valence-electron chi connectivity index (χ3n) is 6.46. The van der Waals surface area contributed by atoms with Crippen molar-refractivity contribution in [3.05, 3.63) is 120 Å². The first-order chi connectivity index (χ1) is 24.2. The van der Waals surface area contributed by atoms with E-state index in [1.165, 1.54) is 55.3 Å². The molecule has 0 amide bonds. The van der Waals surface area contributed by atoms with Gasteiger partial charge in [0.05, 0.1) is 26.4 Å². The Labute approximate surface area is 291 Å². The van der Waals surface area contributed by atoms with Crippen molar-refractivity contribution in [3.8, 4) is 11.5 Å². The van der Waals surface area contributed by atoms with Gasteiger partial charge in [0.2, 0.25) is 0 Å². The molecule has 10 nitrogen and oxygen atoms in total. The third-order valence-corrected chi connectivity index (χ3v) is 6.46. The minimum atomic E-state index is -0.412. The summed E-state index contributed by atoms with van der Waals surface area (Å²) in [6.45, 7) is 7.85. The Morgan fingerprint density at radius 1 is 0.780 bits per heavy atom. The molecule has 0 atom stereocenters. The molecule has 0 bridgehead atoms. The Balaban J connectivity index is 0.000000264. The Hall–Kier alpha value is -5.20. The molecule has 2 N–H and O–H groups in total. The minimum absolute atomic E-state index is 0.0370. The molecular weight excluding hydrogens is 650 g/mol. The first kappa shape index (κ1) is 41.0. The monoisotopic (exact) mass is 696 g/mol. The number of aliphatic hydroxyl groups is 1. The first-order valence-electron chi connectivity index (χ1n) is 16.3. The predicted molar refractivity (Wildman–Crippen MR) is 187 cm³/mol. The van der Waals surface area contributed by atoms with Crippen LogP contribution in [0.4, 0.5) is 8.78 Å². The molecule has 2 aromatic heterocycles. The second-order valence-corrected chi connectivity index (χ2v) is 10.3. The number of benzene rings is 2. The standard InChI is InChI=1S/C17H18FNO3.C11H15NO3.C6H5FO.C4H8O/c1-2-21-17(20)9-8-15-6-4-10-19(15)11-12-22-16-7-3-5-14(18)13-16;1-2-15-11(14)6-5-10-4-3-7-12(10)8-9-13;7-5-2-1-3-6(8)4-5;1-2-4-5-3-1/h3-10,13H,2,11-12H2,1H3;3-7,13H,2,8-9H2,1H3;1-4,8H;1-4H2/b9-8+;6-5+;;. The van der Waals surface area contributed by atoms with Gasteiger partial charge >= 0.3 is 11.9 Å². The van der Waals surface area contributed by atoms with E-state index in [4.69, 9.17) is 29.2 Å². The number of rotatable bonds is 12. The van der Waals surface area contributed by atoms with E-state index in [1.54, 1.807) is 38.1 Å². The van der Waals surface area contributed by atoms with Crippen LogP contribution in [0.3, 0.4) is 0 Å². The Morgan fingerprint density at radius 2 is 1.32 bits per heavy atom. The number of aromatic hydroxyl groups is 1. The van der Waals surface area contributed by atoms with Crippen molar-refractivity contribution in [3.63, 3.8) is 0 Å². The molecule has 50 heavy (non-hydrogen) atoms. The molecule has 5 rings (SSSR count). The van der Waals surface area contributed by atoms with Crippen molar-refractivity contribution in [1.29, 1.82) is 0 Å². The number of aromatic nitrogens is 2. The molecule has 1 aliphatic heterocycles. The molecule has 0 saturated carbocycles. The summed E-state index contributed by atoms with van der Waals surface area (Å²) in [4.78, 5) is 22.3. The summed E-state index contributed by atoms with van der Waals surface area (Å²) in [5.74, 6) is -0.997. The number of hydrogen-bond acceptors (Lipinski definition) is 8. The van der Waals surface area contributed by atoms with E-state index in [2.05, 4.69) is 0 Å². The average molecular weight is 697 g/mol. The summed E-state index contributed by atoms with van der Waals surface area (Å²) < 4.78 is 48.9. The minimum Gasteiger partial charge on any atom is -0.508 e. The van der Waals surface area contributed by atoms with Gasteiger partial charge in [-0.1, -0.05) is 12.1 Å². The van der Waals surface area contributed by atoms with E-state index in [-0.39, 0.29) is 30.1 Å². The second-order valence-electron chi connectivity index (χ2n) is 10.3. The average Bonchev–Trinajstić information content (AvgIpc) is 3.89. The molecule has 270 valence electrons. The number of ether oxygens (including phenoxy) is 4. The smallest absolute Gasteiger partial charge is 0.330 e. The maximum absolute atomic E-state index is 13.0. The maximum atomic E-state index is 13.0. The lowest BCUT2D eigenvalue weighted by Crippen LogP contribution is -2.08. The van der Waals surface area contributed by atoms with Gasteiger partial charge in [0.15, 0.2) is 0 Å². The molecule has 12 heteroatoms. The highest BCUT2D eigenvalue weighted by atomic mass is 19.1. The summed E-state index contributed by atoms with van der Waals surface area (Å²) in [6.07, 6.45) is 12.4. The molecule has 1 saturated heterocycles. The Morgan fingerprint density at radius 3 is 1.76 bits per heavy atom. The lowest BCUT2D eigenvalue weighted by molar-refractivity contribution is -0.138. The fraction of sp³-hybridized carbons (Fsp3) is 0.316. The summed E-state index contributed by atoms with van der Waals surface area (Å²) in [7, 11) is 0. The summed E-state index contributed by atoms with van der Waals surface area (Å²) >= 11 is 0. The molecule has 2 aromatic carbocycles. The first-order valence-corrected chi connectivity index (χ1v) is 16.3. The topological polar surface area (TPSA) is 121 Å². The lowest BCUT2D eigenvalue weighted by Gasteiger charge is -2.09. The number of carbonyl (C=O) groups excluding carboxylic acids is 2.